The summed E-state index contributed by atoms with van der Waals surface area (Å²) in [6, 6.07) is 0. The van der Waals surface area contributed by atoms with Crippen molar-refractivity contribution in [1.29, 1.82) is 0 Å². The van der Waals surface area contributed by atoms with Crippen LogP contribution in [0, 0.1) is 6.61 Å². The molecule has 0 aliphatic rings. The normalized spacial score (nSPS) is 11.8. The first kappa shape index (κ1) is 13.1. The number of rotatable bonds is 4. The molecule has 0 aromatic heterocycles. The second-order valence-electron chi connectivity index (χ2n) is 1.65. The van der Waals surface area contributed by atoms with Crippen LogP contribution in [0.3, 0.4) is 0 Å². The first-order chi connectivity index (χ1) is 4.16. The maximum absolute atomic E-state index is 9.72. The van der Waals surface area contributed by atoms with E-state index in [9.17, 15) is 9.90 Å². The smallest absolute Gasteiger partial charge is 0.0439 e. The summed E-state index contributed by atoms with van der Waals surface area (Å²) in [5.41, 5.74) is 0. The summed E-state index contributed by atoms with van der Waals surface area (Å²) in [6.45, 7) is 0.716. The quantitative estimate of drug-likeness (QED) is 0.561. The Kier molecular flexibility index (Phi) is 9.96. The van der Waals surface area contributed by atoms with Gasteiger partial charge in [-0.2, -0.15) is 0 Å². The monoisotopic (exact) mass is 221 g/mol. The van der Waals surface area contributed by atoms with E-state index in [2.05, 4.69) is 0 Å². The summed E-state index contributed by atoms with van der Waals surface area (Å²) in [5, 5.41) is 26.4. The van der Waals surface area contributed by atoms with Gasteiger partial charge in [-0.15, -0.1) is 6.42 Å². The molecule has 0 aliphatic carbocycles. The molecule has 0 rings (SSSR count). The topological polar surface area (TPSA) is 80.6 Å². The molecule has 1 radical (unpaired) electrons. The fraction of sp³-hybridized carbons (Fsp3) is 0.600. The Labute approximate surface area is 84.1 Å². The fourth-order valence-corrected chi connectivity index (χ4v) is 0.397. The van der Waals surface area contributed by atoms with Gasteiger partial charge in [0.15, 0.2) is 0 Å². The Balaban J connectivity index is 0. The molecule has 1 atom stereocenters. The van der Waals surface area contributed by atoms with E-state index in [-0.39, 0.29) is 39.1 Å². The van der Waals surface area contributed by atoms with Crippen LogP contribution in [0.25, 0.3) is 0 Å². The summed E-state index contributed by atoms with van der Waals surface area (Å²) in [6.07, 6.45) is -1.50. The Morgan fingerprint density at radius 3 is 2.50 bits per heavy atom. The first-order valence-electron chi connectivity index (χ1n) is 2.50. The van der Waals surface area contributed by atoms with E-state index in [0.717, 1.165) is 0 Å². The van der Waals surface area contributed by atoms with Crippen LogP contribution in [0.2, 0.25) is 0 Å². The summed E-state index contributed by atoms with van der Waals surface area (Å²) in [5.74, 6) is -1.32. The van der Waals surface area contributed by atoms with Crippen molar-refractivity contribution in [3.05, 3.63) is 6.61 Å². The average molecular weight is 221 g/mol. The molecule has 0 spiro atoms. The standard InChI is InChI=1S/C5H9O4.Y/c6-2-1-4(7)3-5(8)9;/h2,4,6-7H,1,3H2,(H,8,9);/q-1;/p-1. The molecule has 1 unspecified atom stereocenters. The molecule has 5 heteroatoms. The molecule has 0 saturated carbocycles. The SMILES string of the molecule is O=C([O-])CC(O)C[CH-]O.[Y]. The van der Waals surface area contributed by atoms with Crippen LogP contribution in [0.15, 0.2) is 0 Å². The van der Waals surface area contributed by atoms with Crippen LogP contribution in [0.4, 0.5) is 0 Å². The molecule has 0 amide bonds. The van der Waals surface area contributed by atoms with Gasteiger partial charge in [0.25, 0.3) is 0 Å². The predicted molar refractivity (Wildman–Crippen MR) is 26.5 cm³/mol. The zero-order chi connectivity index (χ0) is 7.28. The molecule has 0 bridgehead atoms. The number of carbonyl (C=O) groups excluding carboxylic acids is 1. The molecule has 0 aromatic rings. The van der Waals surface area contributed by atoms with E-state index < -0.39 is 18.5 Å². The van der Waals surface area contributed by atoms with Crippen molar-refractivity contribution in [2.45, 2.75) is 18.9 Å². The van der Waals surface area contributed by atoms with Gasteiger partial charge in [-0.1, -0.05) is 0 Å². The van der Waals surface area contributed by atoms with E-state index in [1.165, 1.54) is 0 Å². The van der Waals surface area contributed by atoms with Crippen LogP contribution in [-0.4, -0.2) is 22.3 Å². The van der Waals surface area contributed by atoms with Crippen molar-refractivity contribution in [3.8, 4) is 0 Å². The molecule has 10 heavy (non-hydrogen) atoms. The van der Waals surface area contributed by atoms with Crippen molar-refractivity contribution < 1.29 is 52.8 Å². The minimum atomic E-state index is -1.32. The third-order valence-corrected chi connectivity index (χ3v) is 0.780. The Bertz CT molecular complexity index is 95.6. The van der Waals surface area contributed by atoms with Gasteiger partial charge in [-0.3, -0.25) is 0 Å². The van der Waals surface area contributed by atoms with Gasteiger partial charge >= 0.3 is 0 Å². The molecule has 0 aromatic carbocycles. The van der Waals surface area contributed by atoms with E-state index >= 15 is 0 Å². The maximum atomic E-state index is 9.72. The third kappa shape index (κ3) is 8.49. The molecule has 0 fully saturated rings. The molecular weight excluding hydrogens is 213 g/mol. The maximum Gasteiger partial charge on any atom is 0.0439 e. The number of hydrogen-bond donors (Lipinski definition) is 2. The molecular formula is C5H8O4Y-2. The van der Waals surface area contributed by atoms with Gasteiger partial charge in [0, 0.05) is 51.2 Å². The molecule has 0 heterocycles. The zero-order valence-corrected chi connectivity index (χ0v) is 8.20. The van der Waals surface area contributed by atoms with Gasteiger partial charge in [0.1, 0.15) is 0 Å². The van der Waals surface area contributed by atoms with Crippen molar-refractivity contribution in [2.75, 3.05) is 0 Å². The van der Waals surface area contributed by atoms with Crippen molar-refractivity contribution in [2.24, 2.45) is 0 Å². The summed E-state index contributed by atoms with van der Waals surface area (Å²) in [4.78, 5) is 9.72. The average Bonchev–Trinajstić information content (AvgIpc) is 1.63. The van der Waals surface area contributed by atoms with Gasteiger partial charge in [0.05, 0.1) is 0 Å². The van der Waals surface area contributed by atoms with Crippen LogP contribution >= 0.6 is 0 Å². The van der Waals surface area contributed by atoms with E-state index in [0.29, 0.717) is 6.61 Å². The molecule has 57 valence electrons. The molecule has 0 saturated heterocycles. The van der Waals surface area contributed by atoms with Crippen LogP contribution in [0.5, 0.6) is 0 Å². The van der Waals surface area contributed by atoms with Gasteiger partial charge < -0.3 is 20.1 Å². The number of aliphatic hydroxyl groups is 2. The third-order valence-electron chi connectivity index (χ3n) is 0.780. The van der Waals surface area contributed by atoms with Crippen LogP contribution in [-0.2, 0) is 37.5 Å². The largest absolute Gasteiger partial charge is 0.566 e. The second-order valence-corrected chi connectivity index (χ2v) is 1.65. The summed E-state index contributed by atoms with van der Waals surface area (Å²) >= 11 is 0. The van der Waals surface area contributed by atoms with Gasteiger partial charge in [0.2, 0.25) is 0 Å². The zero-order valence-electron chi connectivity index (χ0n) is 5.36. The number of hydrogen-bond acceptors (Lipinski definition) is 4. The minimum absolute atomic E-state index is 0. The van der Waals surface area contributed by atoms with Gasteiger partial charge in [-0.25, -0.2) is 6.61 Å². The van der Waals surface area contributed by atoms with E-state index in [4.69, 9.17) is 10.2 Å². The van der Waals surface area contributed by atoms with Crippen molar-refractivity contribution in [3.63, 3.8) is 0 Å². The van der Waals surface area contributed by atoms with Crippen molar-refractivity contribution >= 4 is 5.97 Å². The molecule has 4 nitrogen and oxygen atoms in total. The van der Waals surface area contributed by atoms with E-state index in [1.54, 1.807) is 0 Å². The Morgan fingerprint density at radius 2 is 2.20 bits per heavy atom. The van der Waals surface area contributed by atoms with Crippen LogP contribution < -0.4 is 5.11 Å². The summed E-state index contributed by atoms with van der Waals surface area (Å²) in [7, 11) is 0. The second kappa shape index (κ2) is 7.60. The summed E-state index contributed by atoms with van der Waals surface area (Å²) < 4.78 is 0. The van der Waals surface area contributed by atoms with Crippen molar-refractivity contribution in [1.82, 2.24) is 0 Å². The molecule has 0 aliphatic heterocycles. The van der Waals surface area contributed by atoms with Gasteiger partial charge in [-0.05, 0) is 0 Å². The number of aliphatic carboxylic acids is 1. The fourth-order valence-electron chi connectivity index (χ4n) is 0.397. The number of aliphatic hydroxyl groups excluding tert-OH is 2. The molecule has 2 N–H and O–H groups in total. The minimum Gasteiger partial charge on any atom is -0.566 e. The number of carboxylic acids is 1. The Morgan fingerprint density at radius 1 is 1.70 bits per heavy atom. The van der Waals surface area contributed by atoms with E-state index in [1.807, 2.05) is 0 Å². The number of carboxylic acid groups (broad SMARTS) is 1. The Hall–Kier alpha value is 0.494. The predicted octanol–water partition coefficient (Wildman–Crippen LogP) is -1.59. The number of carbonyl (C=O) groups is 1. The van der Waals surface area contributed by atoms with Crippen LogP contribution in [0.1, 0.15) is 12.8 Å². The first-order valence-corrected chi connectivity index (χ1v) is 2.50.